The molecular weight excluding hydrogens is 370 g/mol. The Morgan fingerprint density at radius 1 is 1.26 bits per heavy atom. The molecule has 4 rings (SSSR count). The van der Waals surface area contributed by atoms with E-state index in [2.05, 4.69) is 0 Å². The van der Waals surface area contributed by atoms with E-state index in [4.69, 9.17) is 16.3 Å². The quantitative estimate of drug-likeness (QED) is 0.754. The Labute approximate surface area is 163 Å². The number of aromatic hydroxyl groups is 1. The zero-order valence-electron chi connectivity index (χ0n) is 15.6. The van der Waals surface area contributed by atoms with Crippen molar-refractivity contribution in [3.63, 3.8) is 0 Å². The molecular formula is C20H24ClNO5. The molecule has 0 radical (unpaired) electrons. The van der Waals surface area contributed by atoms with Gasteiger partial charge in [-0.05, 0) is 36.5 Å². The van der Waals surface area contributed by atoms with E-state index >= 15 is 0 Å². The van der Waals surface area contributed by atoms with E-state index in [9.17, 15) is 19.8 Å². The zero-order chi connectivity index (χ0) is 19.7. The van der Waals surface area contributed by atoms with Gasteiger partial charge in [-0.25, -0.2) is 0 Å². The van der Waals surface area contributed by atoms with Gasteiger partial charge in [-0.15, -0.1) is 0 Å². The first-order valence-electron chi connectivity index (χ1n) is 9.35. The molecule has 7 heteroatoms. The minimum Gasteiger partial charge on any atom is -0.508 e. The molecule has 2 amide bonds. The third kappa shape index (κ3) is 2.61. The maximum absolute atomic E-state index is 12.7. The van der Waals surface area contributed by atoms with Crippen LogP contribution in [0.5, 0.6) is 5.75 Å². The monoisotopic (exact) mass is 393 g/mol. The Morgan fingerprint density at radius 2 is 1.96 bits per heavy atom. The number of hydrogen-bond donors (Lipinski definition) is 2. The van der Waals surface area contributed by atoms with Gasteiger partial charge in [0.15, 0.2) is 5.79 Å². The van der Waals surface area contributed by atoms with E-state index in [0.29, 0.717) is 23.4 Å². The Kier molecular flexibility index (Phi) is 4.29. The summed E-state index contributed by atoms with van der Waals surface area (Å²) in [5, 5.41) is 21.5. The lowest BCUT2D eigenvalue weighted by molar-refractivity contribution is -0.276. The van der Waals surface area contributed by atoms with Crippen LogP contribution in [0.3, 0.4) is 0 Å². The van der Waals surface area contributed by atoms with Gasteiger partial charge >= 0.3 is 0 Å². The van der Waals surface area contributed by atoms with Crippen LogP contribution in [0, 0.1) is 29.6 Å². The SMILES string of the molecule is CC(C)[C@H]1C[C@@H]2C(=O)N(C)C(=O)[C@@H]2[C@@H]2C[C@@H](c3ccc(O)cc3Cl)O[C@]12O. The number of nitrogens with zero attached hydrogens (tertiary/aromatic N) is 1. The lowest BCUT2D eigenvalue weighted by Crippen LogP contribution is -2.55. The second kappa shape index (κ2) is 6.19. The van der Waals surface area contributed by atoms with Crippen molar-refractivity contribution < 1.29 is 24.5 Å². The summed E-state index contributed by atoms with van der Waals surface area (Å²) in [7, 11) is 1.51. The van der Waals surface area contributed by atoms with Crippen LogP contribution in [-0.2, 0) is 14.3 Å². The van der Waals surface area contributed by atoms with Gasteiger partial charge in [-0.2, -0.15) is 0 Å². The molecule has 1 aliphatic carbocycles. The summed E-state index contributed by atoms with van der Waals surface area (Å²) in [4.78, 5) is 26.5. The van der Waals surface area contributed by atoms with Crippen LogP contribution in [0.25, 0.3) is 0 Å². The van der Waals surface area contributed by atoms with E-state index in [1.807, 2.05) is 13.8 Å². The highest BCUT2D eigenvalue weighted by molar-refractivity contribution is 6.31. The maximum atomic E-state index is 12.7. The average molecular weight is 394 g/mol. The van der Waals surface area contributed by atoms with Gasteiger partial charge in [0, 0.05) is 18.9 Å². The molecule has 2 aliphatic heterocycles. The summed E-state index contributed by atoms with van der Waals surface area (Å²) >= 11 is 6.29. The van der Waals surface area contributed by atoms with Crippen LogP contribution >= 0.6 is 11.6 Å². The highest BCUT2D eigenvalue weighted by Crippen LogP contribution is 2.59. The lowest BCUT2D eigenvalue weighted by atomic mass is 9.62. The third-order valence-corrected chi connectivity index (χ3v) is 6.96. The molecule has 0 unspecified atom stereocenters. The van der Waals surface area contributed by atoms with Crippen molar-refractivity contribution in [3.05, 3.63) is 28.8 Å². The summed E-state index contributed by atoms with van der Waals surface area (Å²) in [6, 6.07) is 4.64. The molecule has 27 heavy (non-hydrogen) atoms. The highest BCUT2D eigenvalue weighted by Gasteiger charge is 2.66. The number of carbonyl (C=O) groups excluding carboxylic acids is 2. The van der Waals surface area contributed by atoms with Crippen molar-refractivity contribution in [1.82, 2.24) is 4.90 Å². The molecule has 1 aromatic rings. The molecule has 6 nitrogen and oxygen atoms in total. The second-order valence-corrected chi connectivity index (χ2v) is 8.77. The highest BCUT2D eigenvalue weighted by atomic mass is 35.5. The second-order valence-electron chi connectivity index (χ2n) is 8.36. The molecule has 1 aromatic carbocycles. The van der Waals surface area contributed by atoms with Gasteiger partial charge in [0.2, 0.25) is 11.8 Å². The van der Waals surface area contributed by atoms with Crippen molar-refractivity contribution in [2.45, 2.75) is 38.6 Å². The summed E-state index contributed by atoms with van der Waals surface area (Å²) < 4.78 is 6.17. The predicted molar refractivity (Wildman–Crippen MR) is 97.7 cm³/mol. The first kappa shape index (κ1) is 18.7. The first-order valence-corrected chi connectivity index (χ1v) is 9.73. The number of imide groups is 1. The normalized spacial score (nSPS) is 38.4. The maximum Gasteiger partial charge on any atom is 0.233 e. The van der Waals surface area contributed by atoms with E-state index in [-0.39, 0.29) is 29.4 Å². The van der Waals surface area contributed by atoms with Crippen LogP contribution in [0.1, 0.15) is 38.4 Å². The van der Waals surface area contributed by atoms with Gasteiger partial charge in [0.1, 0.15) is 5.75 Å². The molecule has 2 heterocycles. The number of benzene rings is 1. The van der Waals surface area contributed by atoms with Crippen molar-refractivity contribution in [2.75, 3.05) is 7.05 Å². The standard InChI is InChI=1S/C20H24ClNO5/c1-9(2)13-7-12-17(19(25)22(3)18(12)24)14-8-16(27-20(13,14)26)11-5-4-10(23)6-15(11)21/h4-6,9,12-14,16-17,23,26H,7-8H2,1-3H3/t12-,13+,14-,16-,17-,20+/m0/s1. The van der Waals surface area contributed by atoms with Crippen LogP contribution < -0.4 is 0 Å². The Balaban J connectivity index is 1.75. The van der Waals surface area contributed by atoms with Crippen LogP contribution in [0.2, 0.25) is 5.02 Å². The zero-order valence-corrected chi connectivity index (χ0v) is 16.3. The molecule has 0 bridgehead atoms. The lowest BCUT2D eigenvalue weighted by Gasteiger charge is -2.46. The number of halogens is 1. The van der Waals surface area contributed by atoms with E-state index in [1.165, 1.54) is 24.1 Å². The van der Waals surface area contributed by atoms with Gasteiger partial charge < -0.3 is 14.9 Å². The van der Waals surface area contributed by atoms with Crippen molar-refractivity contribution in [3.8, 4) is 5.75 Å². The van der Waals surface area contributed by atoms with E-state index in [1.54, 1.807) is 6.07 Å². The summed E-state index contributed by atoms with van der Waals surface area (Å²) in [5.74, 6) is -3.45. The molecule has 6 atom stereocenters. The van der Waals surface area contributed by atoms with E-state index < -0.39 is 29.6 Å². The van der Waals surface area contributed by atoms with Crippen molar-refractivity contribution in [2.24, 2.45) is 29.6 Å². The smallest absolute Gasteiger partial charge is 0.233 e. The number of aliphatic hydroxyl groups is 1. The Bertz CT molecular complexity index is 812. The number of carbonyl (C=O) groups is 2. The predicted octanol–water partition coefficient (Wildman–Crippen LogP) is 2.72. The fourth-order valence-corrected chi connectivity index (χ4v) is 5.59. The summed E-state index contributed by atoms with van der Waals surface area (Å²) in [6.45, 7) is 3.99. The largest absolute Gasteiger partial charge is 0.508 e. The number of rotatable bonds is 2. The number of phenols is 1. The molecule has 2 N–H and O–H groups in total. The minimum atomic E-state index is -1.48. The Hall–Kier alpha value is -1.63. The molecule has 3 aliphatic rings. The fourth-order valence-electron chi connectivity index (χ4n) is 5.30. The molecule has 1 saturated carbocycles. The summed E-state index contributed by atoms with van der Waals surface area (Å²) in [6.07, 6.45) is 0.334. The van der Waals surface area contributed by atoms with Crippen molar-refractivity contribution >= 4 is 23.4 Å². The Morgan fingerprint density at radius 3 is 2.59 bits per heavy atom. The molecule has 2 saturated heterocycles. The van der Waals surface area contributed by atoms with E-state index in [0.717, 1.165) is 0 Å². The number of fused-ring (bicyclic) bond motifs is 3. The summed E-state index contributed by atoms with van der Waals surface area (Å²) in [5.41, 5.74) is 0.668. The third-order valence-electron chi connectivity index (χ3n) is 6.64. The van der Waals surface area contributed by atoms with Gasteiger partial charge in [-0.1, -0.05) is 31.5 Å². The topological polar surface area (TPSA) is 87.1 Å². The number of ether oxygens (including phenoxy) is 1. The minimum absolute atomic E-state index is 0.0520. The number of hydrogen-bond acceptors (Lipinski definition) is 5. The van der Waals surface area contributed by atoms with Gasteiger partial charge in [0.25, 0.3) is 0 Å². The molecule has 0 spiro atoms. The number of phenolic OH excluding ortho intramolecular Hbond substituents is 1. The number of likely N-dealkylation sites (tertiary alicyclic amines) is 1. The van der Waals surface area contributed by atoms with Crippen molar-refractivity contribution in [1.29, 1.82) is 0 Å². The molecule has 3 fully saturated rings. The fraction of sp³-hybridized carbons (Fsp3) is 0.600. The van der Waals surface area contributed by atoms with Crippen LogP contribution in [0.15, 0.2) is 18.2 Å². The molecule has 146 valence electrons. The van der Waals surface area contributed by atoms with Crippen LogP contribution in [-0.4, -0.2) is 39.8 Å². The number of amides is 2. The van der Waals surface area contributed by atoms with Crippen LogP contribution in [0.4, 0.5) is 0 Å². The average Bonchev–Trinajstić information content (AvgIpc) is 3.04. The first-order chi connectivity index (χ1) is 12.6. The van der Waals surface area contributed by atoms with Gasteiger partial charge in [-0.3, -0.25) is 14.5 Å². The van der Waals surface area contributed by atoms with Gasteiger partial charge in [0.05, 0.1) is 23.0 Å². The molecule has 0 aromatic heterocycles.